The van der Waals surface area contributed by atoms with E-state index < -0.39 is 5.97 Å². The molecule has 0 bridgehead atoms. The lowest BCUT2D eigenvalue weighted by molar-refractivity contribution is 0.0658. The molecule has 1 heterocycles. The topological polar surface area (TPSA) is 76.5 Å². The lowest BCUT2D eigenvalue weighted by Gasteiger charge is -2.20. The molecule has 0 saturated heterocycles. The second-order valence-electron chi connectivity index (χ2n) is 5.47. The number of carboxylic acids is 1. The van der Waals surface area contributed by atoms with Gasteiger partial charge in [0, 0.05) is 23.1 Å². The van der Waals surface area contributed by atoms with Gasteiger partial charge < -0.3 is 15.3 Å². The summed E-state index contributed by atoms with van der Waals surface area (Å²) in [4.78, 5) is 11.3. The van der Waals surface area contributed by atoms with Gasteiger partial charge in [-0.05, 0) is 32.1 Å². The highest BCUT2D eigenvalue weighted by Crippen LogP contribution is 2.43. The predicted octanol–water partition coefficient (Wildman–Crippen LogP) is 2.97. The number of aromatic carboxylic acids is 1. The number of carboxylic acid groups (broad SMARTS) is 1. The van der Waals surface area contributed by atoms with Gasteiger partial charge in [-0.1, -0.05) is 12.8 Å². The number of furan rings is 1. The van der Waals surface area contributed by atoms with E-state index in [9.17, 15) is 9.90 Å². The van der Waals surface area contributed by atoms with Crippen LogP contribution in [0.4, 0.5) is 0 Å². The zero-order chi connectivity index (χ0) is 12.7. The quantitative estimate of drug-likeness (QED) is 0.844. The van der Waals surface area contributed by atoms with E-state index in [1.165, 1.54) is 12.8 Å². The van der Waals surface area contributed by atoms with Crippen LogP contribution >= 0.6 is 0 Å². The Morgan fingerprint density at radius 2 is 1.94 bits per heavy atom. The van der Waals surface area contributed by atoms with E-state index in [2.05, 4.69) is 0 Å². The summed E-state index contributed by atoms with van der Waals surface area (Å²) in [6, 6.07) is -0.0406. The van der Waals surface area contributed by atoms with Gasteiger partial charge in [0.25, 0.3) is 0 Å². The van der Waals surface area contributed by atoms with Crippen LogP contribution in [0.3, 0.4) is 0 Å². The van der Waals surface area contributed by atoms with Crippen LogP contribution in [0.15, 0.2) is 4.42 Å². The number of hydrogen-bond acceptors (Lipinski definition) is 3. The second-order valence-corrected chi connectivity index (χ2v) is 5.47. The van der Waals surface area contributed by atoms with Crippen molar-refractivity contribution in [1.82, 2.24) is 0 Å². The van der Waals surface area contributed by atoms with Gasteiger partial charge in [-0.3, -0.25) is 0 Å². The molecule has 1 aromatic rings. The molecule has 2 aliphatic carbocycles. The van der Waals surface area contributed by atoms with Gasteiger partial charge in [0.2, 0.25) is 5.76 Å². The number of fused-ring (bicyclic) bond motifs is 1. The van der Waals surface area contributed by atoms with E-state index in [-0.39, 0.29) is 11.8 Å². The highest BCUT2D eigenvalue weighted by Gasteiger charge is 2.34. The van der Waals surface area contributed by atoms with Crippen molar-refractivity contribution < 1.29 is 14.3 Å². The van der Waals surface area contributed by atoms with Gasteiger partial charge in [-0.15, -0.1) is 0 Å². The van der Waals surface area contributed by atoms with E-state index in [4.69, 9.17) is 10.2 Å². The summed E-state index contributed by atoms with van der Waals surface area (Å²) in [6.45, 7) is 0. The molecule has 0 aromatic carbocycles. The minimum atomic E-state index is -0.954. The van der Waals surface area contributed by atoms with Crippen LogP contribution in [-0.2, 0) is 6.42 Å². The third kappa shape index (κ3) is 1.75. The summed E-state index contributed by atoms with van der Waals surface area (Å²) < 4.78 is 5.70. The van der Waals surface area contributed by atoms with E-state index >= 15 is 0 Å². The summed E-state index contributed by atoms with van der Waals surface area (Å²) in [5.74, 6) is 0.453. The molecule has 4 heteroatoms. The van der Waals surface area contributed by atoms with Gasteiger partial charge >= 0.3 is 5.97 Å². The average Bonchev–Trinajstić information content (AvgIpc) is 2.95. The fourth-order valence-electron chi connectivity index (χ4n) is 3.46. The molecular weight excluding hydrogens is 230 g/mol. The first-order valence-corrected chi connectivity index (χ1v) is 6.82. The molecule has 0 radical (unpaired) electrons. The van der Waals surface area contributed by atoms with Gasteiger partial charge in [-0.25, -0.2) is 4.79 Å². The monoisotopic (exact) mass is 249 g/mol. The van der Waals surface area contributed by atoms with Crippen LogP contribution in [0.1, 0.15) is 77.9 Å². The Hall–Kier alpha value is -1.29. The van der Waals surface area contributed by atoms with Crippen molar-refractivity contribution in [3.63, 3.8) is 0 Å². The van der Waals surface area contributed by atoms with E-state index in [1.54, 1.807) is 0 Å². The molecule has 1 atom stereocenters. The average molecular weight is 249 g/mol. The Morgan fingerprint density at radius 1 is 1.22 bits per heavy atom. The van der Waals surface area contributed by atoms with Crippen molar-refractivity contribution in [3.05, 3.63) is 22.6 Å². The van der Waals surface area contributed by atoms with Gasteiger partial charge in [0.1, 0.15) is 5.76 Å². The Bertz CT molecular complexity index is 472. The van der Waals surface area contributed by atoms with Gasteiger partial charge in [0.05, 0.1) is 0 Å². The maximum Gasteiger partial charge on any atom is 0.372 e. The lowest BCUT2D eigenvalue weighted by atomic mass is 9.85. The minimum Gasteiger partial charge on any atom is -0.475 e. The smallest absolute Gasteiger partial charge is 0.372 e. The molecule has 98 valence electrons. The number of nitrogens with two attached hydrogens (primary N) is 1. The highest BCUT2D eigenvalue weighted by molar-refractivity contribution is 5.87. The summed E-state index contributed by atoms with van der Waals surface area (Å²) in [6.07, 6.45) is 7.30. The Labute approximate surface area is 106 Å². The lowest BCUT2D eigenvalue weighted by Crippen LogP contribution is -2.19. The number of hydrogen-bond donors (Lipinski definition) is 2. The predicted molar refractivity (Wildman–Crippen MR) is 66.7 cm³/mol. The highest BCUT2D eigenvalue weighted by atomic mass is 16.4. The van der Waals surface area contributed by atoms with E-state index in [0.717, 1.165) is 49.0 Å². The van der Waals surface area contributed by atoms with Crippen molar-refractivity contribution in [2.24, 2.45) is 5.73 Å². The standard InChI is InChI=1S/C14H19NO3/c15-10-7-3-6-9-11(10)12(8-4-1-2-5-8)18-13(9)14(16)17/h8,10H,1-7,15H2,(H,16,17). The van der Waals surface area contributed by atoms with Gasteiger partial charge in [0.15, 0.2) is 0 Å². The van der Waals surface area contributed by atoms with Gasteiger partial charge in [-0.2, -0.15) is 0 Å². The Balaban J connectivity index is 2.10. The molecule has 2 aliphatic rings. The largest absolute Gasteiger partial charge is 0.475 e. The summed E-state index contributed by atoms with van der Waals surface area (Å²) >= 11 is 0. The molecular formula is C14H19NO3. The van der Waals surface area contributed by atoms with Crippen molar-refractivity contribution in [2.75, 3.05) is 0 Å². The number of carbonyl (C=O) groups is 1. The van der Waals surface area contributed by atoms with E-state index in [1.807, 2.05) is 0 Å². The van der Waals surface area contributed by atoms with Crippen molar-refractivity contribution >= 4 is 5.97 Å². The van der Waals surface area contributed by atoms with Crippen LogP contribution in [0, 0.1) is 0 Å². The third-order valence-electron chi connectivity index (χ3n) is 4.31. The third-order valence-corrected chi connectivity index (χ3v) is 4.31. The fourth-order valence-corrected chi connectivity index (χ4v) is 3.46. The first-order valence-electron chi connectivity index (χ1n) is 6.82. The maximum atomic E-state index is 11.3. The molecule has 1 unspecified atom stereocenters. The first kappa shape index (κ1) is 11.8. The summed E-state index contributed by atoms with van der Waals surface area (Å²) in [5.41, 5.74) is 8.06. The Kier molecular flexibility index (Phi) is 2.90. The molecule has 1 fully saturated rings. The Morgan fingerprint density at radius 3 is 2.61 bits per heavy atom. The van der Waals surface area contributed by atoms with Crippen LogP contribution in [0.25, 0.3) is 0 Å². The molecule has 1 saturated carbocycles. The van der Waals surface area contributed by atoms with Crippen LogP contribution in [0.5, 0.6) is 0 Å². The minimum absolute atomic E-state index is 0.0406. The van der Waals surface area contributed by atoms with Crippen molar-refractivity contribution in [2.45, 2.75) is 56.9 Å². The van der Waals surface area contributed by atoms with Crippen LogP contribution in [0.2, 0.25) is 0 Å². The zero-order valence-electron chi connectivity index (χ0n) is 10.4. The molecule has 4 nitrogen and oxygen atoms in total. The zero-order valence-corrected chi connectivity index (χ0v) is 10.4. The number of rotatable bonds is 2. The normalized spacial score (nSPS) is 24.2. The fraction of sp³-hybridized carbons (Fsp3) is 0.643. The maximum absolute atomic E-state index is 11.3. The molecule has 18 heavy (non-hydrogen) atoms. The van der Waals surface area contributed by atoms with Crippen LogP contribution in [-0.4, -0.2) is 11.1 Å². The van der Waals surface area contributed by atoms with Crippen LogP contribution < -0.4 is 5.73 Å². The summed E-state index contributed by atoms with van der Waals surface area (Å²) in [7, 11) is 0. The molecule has 0 amide bonds. The second kappa shape index (κ2) is 4.43. The van der Waals surface area contributed by atoms with E-state index in [0.29, 0.717) is 5.92 Å². The molecule has 3 N–H and O–H groups in total. The molecule has 3 rings (SSSR count). The van der Waals surface area contributed by atoms with Crippen molar-refractivity contribution in [1.29, 1.82) is 0 Å². The SMILES string of the molecule is NC1CCCc2c(C(=O)O)oc(C3CCCC3)c21. The van der Waals surface area contributed by atoms with Crippen molar-refractivity contribution in [3.8, 4) is 0 Å². The summed E-state index contributed by atoms with van der Waals surface area (Å²) in [5, 5.41) is 9.25. The molecule has 0 spiro atoms. The molecule has 0 aliphatic heterocycles. The first-order chi connectivity index (χ1) is 8.68. The molecule has 1 aromatic heterocycles.